The zero-order chi connectivity index (χ0) is 13.1. The average Bonchev–Trinajstić information content (AvgIpc) is 2.24. The van der Waals surface area contributed by atoms with E-state index in [1.54, 1.807) is 7.11 Å². The summed E-state index contributed by atoms with van der Waals surface area (Å²) in [6.07, 6.45) is 0.974. The number of hydrogen-bond acceptors (Lipinski definition) is 2. The first kappa shape index (κ1) is 14.5. The molecule has 0 amide bonds. The van der Waals surface area contributed by atoms with Gasteiger partial charge in [-0.25, -0.2) is 0 Å². The van der Waals surface area contributed by atoms with Crippen molar-refractivity contribution < 1.29 is 4.74 Å². The second-order valence-corrected chi connectivity index (χ2v) is 6.11. The Morgan fingerprint density at radius 1 is 1.29 bits per heavy atom. The second kappa shape index (κ2) is 5.87. The van der Waals surface area contributed by atoms with Crippen molar-refractivity contribution in [2.45, 2.75) is 32.6 Å². The van der Waals surface area contributed by atoms with Crippen LogP contribution in [-0.2, 0) is 11.8 Å². The van der Waals surface area contributed by atoms with E-state index in [-0.39, 0.29) is 5.41 Å². The van der Waals surface area contributed by atoms with Gasteiger partial charge in [0.05, 0.1) is 11.6 Å². The van der Waals surface area contributed by atoms with Crippen LogP contribution in [0.3, 0.4) is 0 Å². The molecule has 0 saturated heterocycles. The molecule has 0 aliphatic carbocycles. The molecule has 0 aliphatic heterocycles. The number of rotatable bonds is 4. The standard InChI is InChI=1S/C14H22BrNO/c1-14(2,3)11-8-10(6-7-16-4)13(17-5)12(15)9-11/h8-9,16H,6-7H2,1-5H3. The van der Waals surface area contributed by atoms with Crippen LogP contribution in [0, 0.1) is 0 Å². The van der Waals surface area contributed by atoms with Crippen molar-refractivity contribution in [3.63, 3.8) is 0 Å². The van der Waals surface area contributed by atoms with Crippen LogP contribution in [-0.4, -0.2) is 20.7 Å². The molecule has 0 aromatic heterocycles. The monoisotopic (exact) mass is 299 g/mol. The summed E-state index contributed by atoms with van der Waals surface area (Å²) < 4.78 is 6.51. The lowest BCUT2D eigenvalue weighted by atomic mass is 9.85. The Morgan fingerprint density at radius 3 is 2.41 bits per heavy atom. The Labute approximate surface area is 113 Å². The number of ether oxygens (including phenoxy) is 1. The molecular weight excluding hydrogens is 278 g/mol. The van der Waals surface area contributed by atoms with Crippen LogP contribution in [0.1, 0.15) is 31.9 Å². The van der Waals surface area contributed by atoms with Gasteiger partial charge >= 0.3 is 0 Å². The molecule has 0 heterocycles. The van der Waals surface area contributed by atoms with Crippen LogP contribution in [0.25, 0.3) is 0 Å². The summed E-state index contributed by atoms with van der Waals surface area (Å²) in [5, 5.41) is 3.17. The molecular formula is C14H22BrNO. The number of benzene rings is 1. The Morgan fingerprint density at radius 2 is 1.94 bits per heavy atom. The first-order valence-corrected chi connectivity index (χ1v) is 6.71. The molecule has 0 bridgehead atoms. The van der Waals surface area contributed by atoms with Crippen molar-refractivity contribution in [1.29, 1.82) is 0 Å². The van der Waals surface area contributed by atoms with E-state index >= 15 is 0 Å². The summed E-state index contributed by atoms with van der Waals surface area (Å²) in [4.78, 5) is 0. The highest BCUT2D eigenvalue weighted by atomic mass is 79.9. The van der Waals surface area contributed by atoms with Crippen molar-refractivity contribution in [2.24, 2.45) is 0 Å². The molecule has 1 aromatic carbocycles. The summed E-state index contributed by atoms with van der Waals surface area (Å²) in [7, 11) is 3.69. The lowest BCUT2D eigenvalue weighted by Gasteiger charge is -2.22. The maximum absolute atomic E-state index is 5.47. The molecule has 0 aliphatic rings. The molecule has 1 N–H and O–H groups in total. The smallest absolute Gasteiger partial charge is 0.136 e. The molecule has 17 heavy (non-hydrogen) atoms. The molecule has 1 rings (SSSR count). The maximum Gasteiger partial charge on any atom is 0.136 e. The van der Waals surface area contributed by atoms with Gasteiger partial charge < -0.3 is 10.1 Å². The van der Waals surface area contributed by atoms with Crippen molar-refractivity contribution in [1.82, 2.24) is 5.32 Å². The number of hydrogen-bond donors (Lipinski definition) is 1. The minimum atomic E-state index is 0.156. The van der Waals surface area contributed by atoms with Crippen molar-refractivity contribution in [3.8, 4) is 5.75 Å². The summed E-state index contributed by atoms with van der Waals surface area (Å²) >= 11 is 3.60. The van der Waals surface area contributed by atoms with E-state index in [9.17, 15) is 0 Å². The van der Waals surface area contributed by atoms with E-state index < -0.39 is 0 Å². The molecule has 1 aromatic rings. The van der Waals surface area contributed by atoms with Crippen molar-refractivity contribution in [3.05, 3.63) is 27.7 Å². The molecule has 3 heteroatoms. The normalized spacial score (nSPS) is 11.6. The summed E-state index contributed by atoms with van der Waals surface area (Å²) in [6, 6.07) is 4.41. The van der Waals surface area contributed by atoms with Crippen LogP contribution in [0.5, 0.6) is 5.75 Å². The average molecular weight is 300 g/mol. The summed E-state index contributed by atoms with van der Waals surface area (Å²) in [5.74, 6) is 0.952. The molecule has 0 unspecified atom stereocenters. The molecule has 0 atom stereocenters. The molecule has 0 radical (unpaired) electrons. The van der Waals surface area contributed by atoms with E-state index in [1.807, 2.05) is 7.05 Å². The number of nitrogens with one attached hydrogen (secondary N) is 1. The Hall–Kier alpha value is -0.540. The lowest BCUT2D eigenvalue weighted by Crippen LogP contribution is -2.14. The number of methoxy groups -OCH3 is 1. The van der Waals surface area contributed by atoms with Crippen LogP contribution in [0.4, 0.5) is 0 Å². The van der Waals surface area contributed by atoms with Gasteiger partial charge in [-0.05, 0) is 58.6 Å². The van der Waals surface area contributed by atoms with Gasteiger partial charge in [-0.3, -0.25) is 0 Å². The zero-order valence-corrected chi connectivity index (χ0v) is 12.9. The third-order valence-electron chi connectivity index (χ3n) is 2.84. The predicted octanol–water partition coefficient (Wildman–Crippen LogP) is 3.52. The van der Waals surface area contributed by atoms with Crippen LogP contribution >= 0.6 is 15.9 Å². The topological polar surface area (TPSA) is 21.3 Å². The van der Waals surface area contributed by atoms with E-state index in [0.29, 0.717) is 0 Å². The third kappa shape index (κ3) is 3.71. The van der Waals surface area contributed by atoms with Gasteiger partial charge in [-0.1, -0.05) is 26.8 Å². The quantitative estimate of drug-likeness (QED) is 0.918. The number of halogens is 1. The first-order valence-electron chi connectivity index (χ1n) is 5.91. The van der Waals surface area contributed by atoms with Gasteiger partial charge in [0.2, 0.25) is 0 Å². The molecule has 0 fully saturated rings. The van der Waals surface area contributed by atoms with E-state index in [4.69, 9.17) is 4.74 Å². The fraction of sp³-hybridized carbons (Fsp3) is 0.571. The predicted molar refractivity (Wildman–Crippen MR) is 77.0 cm³/mol. The Kier molecular flexibility index (Phi) is 5.02. The van der Waals surface area contributed by atoms with Gasteiger partial charge in [0, 0.05) is 0 Å². The summed E-state index contributed by atoms with van der Waals surface area (Å²) in [6.45, 7) is 7.63. The fourth-order valence-corrected chi connectivity index (χ4v) is 2.42. The van der Waals surface area contributed by atoms with Crippen LogP contribution < -0.4 is 10.1 Å². The van der Waals surface area contributed by atoms with E-state index in [1.165, 1.54) is 11.1 Å². The Balaban J connectivity index is 3.19. The van der Waals surface area contributed by atoms with Crippen molar-refractivity contribution >= 4 is 15.9 Å². The highest BCUT2D eigenvalue weighted by Gasteiger charge is 2.18. The van der Waals surface area contributed by atoms with E-state index in [0.717, 1.165) is 23.2 Å². The molecule has 0 spiro atoms. The van der Waals surface area contributed by atoms with Crippen LogP contribution in [0.2, 0.25) is 0 Å². The van der Waals surface area contributed by atoms with Crippen LogP contribution in [0.15, 0.2) is 16.6 Å². The van der Waals surface area contributed by atoms with Crippen molar-refractivity contribution in [2.75, 3.05) is 20.7 Å². The highest BCUT2D eigenvalue weighted by molar-refractivity contribution is 9.10. The second-order valence-electron chi connectivity index (χ2n) is 5.25. The van der Waals surface area contributed by atoms with E-state index in [2.05, 4.69) is 54.2 Å². The largest absolute Gasteiger partial charge is 0.495 e. The zero-order valence-electron chi connectivity index (χ0n) is 11.4. The summed E-state index contributed by atoms with van der Waals surface area (Å²) in [5.41, 5.74) is 2.74. The minimum absolute atomic E-state index is 0.156. The first-order chi connectivity index (χ1) is 7.90. The molecule has 96 valence electrons. The molecule has 0 saturated carbocycles. The van der Waals surface area contributed by atoms with Gasteiger partial charge in [-0.15, -0.1) is 0 Å². The highest BCUT2D eigenvalue weighted by Crippen LogP contribution is 2.35. The lowest BCUT2D eigenvalue weighted by molar-refractivity contribution is 0.406. The minimum Gasteiger partial charge on any atom is -0.495 e. The fourth-order valence-electron chi connectivity index (χ4n) is 1.76. The maximum atomic E-state index is 5.47. The number of likely N-dealkylation sites (N-methyl/N-ethyl adjacent to an activating group) is 1. The Bertz CT molecular complexity index is 383. The molecule has 2 nitrogen and oxygen atoms in total. The third-order valence-corrected chi connectivity index (χ3v) is 3.42. The SMILES string of the molecule is CNCCc1cc(C(C)(C)C)cc(Br)c1OC. The van der Waals surface area contributed by atoms with Gasteiger partial charge in [-0.2, -0.15) is 0 Å². The van der Waals surface area contributed by atoms with Gasteiger partial charge in [0.25, 0.3) is 0 Å². The van der Waals surface area contributed by atoms with Gasteiger partial charge in [0.1, 0.15) is 5.75 Å². The van der Waals surface area contributed by atoms with Gasteiger partial charge in [0.15, 0.2) is 0 Å².